The highest BCUT2D eigenvalue weighted by molar-refractivity contribution is 5.79. The van der Waals surface area contributed by atoms with Crippen LogP contribution in [0.25, 0.3) is 5.82 Å². The third kappa shape index (κ3) is 5.17. The van der Waals surface area contributed by atoms with E-state index in [0.29, 0.717) is 6.54 Å². The van der Waals surface area contributed by atoms with Gasteiger partial charge in [0.25, 0.3) is 0 Å². The molecular weight excluding hydrogens is 336 g/mol. The van der Waals surface area contributed by atoms with Crippen molar-refractivity contribution >= 4 is 5.96 Å². The maximum atomic E-state index is 4.53. The average molecular weight is 362 g/mol. The molecule has 140 valence electrons. The molecule has 0 amide bonds. The summed E-state index contributed by atoms with van der Waals surface area (Å²) in [5.41, 5.74) is 4.47. The van der Waals surface area contributed by atoms with Crippen molar-refractivity contribution in [2.24, 2.45) is 4.99 Å². The lowest BCUT2D eigenvalue weighted by Crippen LogP contribution is -2.37. The van der Waals surface area contributed by atoms with Crippen LogP contribution in [0.5, 0.6) is 0 Å². The summed E-state index contributed by atoms with van der Waals surface area (Å²) in [7, 11) is 1.78. The molecule has 0 radical (unpaired) electrons. The summed E-state index contributed by atoms with van der Waals surface area (Å²) in [4.78, 5) is 8.80. The smallest absolute Gasteiger partial charge is 0.191 e. The van der Waals surface area contributed by atoms with Gasteiger partial charge in [0.2, 0.25) is 0 Å². The van der Waals surface area contributed by atoms with Crippen molar-refractivity contribution in [3.63, 3.8) is 0 Å². The Labute approximate surface area is 160 Å². The van der Waals surface area contributed by atoms with Gasteiger partial charge >= 0.3 is 0 Å². The molecule has 0 saturated carbocycles. The van der Waals surface area contributed by atoms with Crippen molar-refractivity contribution in [3.8, 4) is 5.82 Å². The zero-order valence-electron chi connectivity index (χ0n) is 16.1. The van der Waals surface area contributed by atoms with Crippen molar-refractivity contribution in [1.29, 1.82) is 0 Å². The maximum absolute atomic E-state index is 4.53. The van der Waals surface area contributed by atoms with Crippen LogP contribution in [0.1, 0.15) is 22.5 Å². The van der Waals surface area contributed by atoms with Gasteiger partial charge in [-0.1, -0.05) is 36.4 Å². The molecule has 0 aliphatic carbocycles. The Bertz CT molecular complexity index is 881. The van der Waals surface area contributed by atoms with Crippen LogP contribution in [0.2, 0.25) is 0 Å². The number of nitrogens with zero attached hydrogens (tertiary/aromatic N) is 4. The van der Waals surface area contributed by atoms with Crippen LogP contribution in [0.4, 0.5) is 0 Å². The van der Waals surface area contributed by atoms with Gasteiger partial charge in [-0.3, -0.25) is 4.99 Å². The number of hydrogen-bond donors (Lipinski definition) is 2. The second kappa shape index (κ2) is 8.98. The van der Waals surface area contributed by atoms with E-state index in [9.17, 15) is 0 Å². The summed E-state index contributed by atoms with van der Waals surface area (Å²) < 4.78 is 1.86. The Hall–Kier alpha value is -3.15. The lowest BCUT2D eigenvalue weighted by atomic mass is 10.1. The summed E-state index contributed by atoms with van der Waals surface area (Å²) in [6.07, 6.45) is 2.83. The summed E-state index contributed by atoms with van der Waals surface area (Å²) >= 11 is 0. The predicted molar refractivity (Wildman–Crippen MR) is 109 cm³/mol. The molecule has 2 aromatic heterocycles. The second-order valence-electron chi connectivity index (χ2n) is 6.45. The van der Waals surface area contributed by atoms with E-state index in [1.807, 2.05) is 42.9 Å². The Morgan fingerprint density at radius 1 is 1.04 bits per heavy atom. The van der Waals surface area contributed by atoms with Crippen molar-refractivity contribution in [2.45, 2.75) is 26.8 Å². The van der Waals surface area contributed by atoms with Gasteiger partial charge in [0, 0.05) is 32.0 Å². The summed E-state index contributed by atoms with van der Waals surface area (Å²) in [5.74, 6) is 1.61. The summed E-state index contributed by atoms with van der Waals surface area (Å²) in [5, 5.41) is 11.1. The number of pyridine rings is 1. The largest absolute Gasteiger partial charge is 0.356 e. The number of aryl methyl sites for hydroxylation is 2. The van der Waals surface area contributed by atoms with Gasteiger partial charge in [-0.15, -0.1) is 0 Å². The van der Waals surface area contributed by atoms with Gasteiger partial charge in [0.05, 0.1) is 5.69 Å². The second-order valence-corrected chi connectivity index (χ2v) is 6.45. The average Bonchev–Trinajstić information content (AvgIpc) is 3.04. The summed E-state index contributed by atoms with van der Waals surface area (Å²) in [6, 6.07) is 16.5. The first-order valence-electron chi connectivity index (χ1n) is 9.13. The topological polar surface area (TPSA) is 67.1 Å². The van der Waals surface area contributed by atoms with Crippen LogP contribution >= 0.6 is 0 Å². The number of rotatable bonds is 6. The standard InChI is InChI=1S/C21H26N6/c1-16-13-17(2)27(26-16)20-10-9-19(14-24-20)15-25-21(22-3)23-12-11-18-7-5-4-6-8-18/h4-10,13-14H,11-12,15H2,1-3H3,(H2,22,23,25). The first-order chi connectivity index (χ1) is 13.2. The molecule has 2 heterocycles. The lowest BCUT2D eigenvalue weighted by Gasteiger charge is -2.12. The van der Waals surface area contributed by atoms with Crippen LogP contribution in [0.3, 0.4) is 0 Å². The van der Waals surface area contributed by atoms with Crippen molar-refractivity contribution in [2.75, 3.05) is 13.6 Å². The van der Waals surface area contributed by atoms with E-state index in [1.165, 1.54) is 5.56 Å². The molecule has 0 bridgehead atoms. The highest BCUT2D eigenvalue weighted by atomic mass is 15.3. The molecule has 1 aromatic carbocycles. The third-order valence-corrected chi connectivity index (χ3v) is 4.27. The third-order valence-electron chi connectivity index (χ3n) is 4.27. The first-order valence-corrected chi connectivity index (χ1v) is 9.13. The minimum atomic E-state index is 0.662. The van der Waals surface area contributed by atoms with E-state index in [0.717, 1.165) is 41.7 Å². The molecule has 3 aromatic rings. The quantitative estimate of drug-likeness (QED) is 0.523. The van der Waals surface area contributed by atoms with Crippen molar-refractivity contribution in [1.82, 2.24) is 25.4 Å². The van der Waals surface area contributed by atoms with Gasteiger partial charge in [-0.2, -0.15) is 5.10 Å². The molecule has 0 aliphatic rings. The van der Waals surface area contributed by atoms with Crippen LogP contribution in [0, 0.1) is 13.8 Å². The van der Waals surface area contributed by atoms with Crippen molar-refractivity contribution in [3.05, 3.63) is 77.2 Å². The van der Waals surface area contributed by atoms with E-state index < -0.39 is 0 Å². The Kier molecular flexibility index (Phi) is 6.20. The minimum absolute atomic E-state index is 0.662. The normalized spacial score (nSPS) is 11.4. The lowest BCUT2D eigenvalue weighted by molar-refractivity contribution is 0.784. The van der Waals surface area contributed by atoms with Gasteiger partial charge in [-0.05, 0) is 43.5 Å². The molecular formula is C21H26N6. The number of aliphatic imine (C=N–C) groups is 1. The zero-order chi connectivity index (χ0) is 19.1. The van der Waals surface area contributed by atoms with Crippen LogP contribution in [-0.2, 0) is 13.0 Å². The first kappa shape index (κ1) is 18.6. The number of aromatic nitrogens is 3. The molecule has 0 aliphatic heterocycles. The van der Waals surface area contributed by atoms with Gasteiger partial charge in [0.1, 0.15) is 0 Å². The molecule has 6 nitrogen and oxygen atoms in total. The molecule has 0 atom stereocenters. The molecule has 27 heavy (non-hydrogen) atoms. The molecule has 0 fully saturated rings. The molecule has 6 heteroatoms. The highest BCUT2D eigenvalue weighted by Crippen LogP contribution is 2.10. The van der Waals surface area contributed by atoms with E-state index in [-0.39, 0.29) is 0 Å². The van der Waals surface area contributed by atoms with Crippen LogP contribution in [0.15, 0.2) is 59.7 Å². The Balaban J connectivity index is 1.50. The number of benzene rings is 1. The zero-order valence-corrected chi connectivity index (χ0v) is 16.1. The van der Waals surface area contributed by atoms with E-state index in [1.54, 1.807) is 7.05 Å². The maximum Gasteiger partial charge on any atom is 0.191 e. The Morgan fingerprint density at radius 2 is 1.85 bits per heavy atom. The van der Waals surface area contributed by atoms with Gasteiger partial charge < -0.3 is 10.6 Å². The van der Waals surface area contributed by atoms with Crippen LogP contribution in [-0.4, -0.2) is 34.3 Å². The minimum Gasteiger partial charge on any atom is -0.356 e. The molecule has 0 unspecified atom stereocenters. The number of guanidine groups is 1. The fourth-order valence-electron chi connectivity index (χ4n) is 2.88. The van der Waals surface area contributed by atoms with E-state index in [4.69, 9.17) is 0 Å². The molecule has 3 rings (SSSR count). The fraction of sp³-hybridized carbons (Fsp3) is 0.286. The molecule has 2 N–H and O–H groups in total. The van der Waals surface area contributed by atoms with E-state index >= 15 is 0 Å². The molecule has 0 saturated heterocycles. The highest BCUT2D eigenvalue weighted by Gasteiger charge is 2.05. The van der Waals surface area contributed by atoms with Crippen LogP contribution < -0.4 is 10.6 Å². The van der Waals surface area contributed by atoms with E-state index in [2.05, 4.69) is 56.0 Å². The van der Waals surface area contributed by atoms with Crippen molar-refractivity contribution < 1.29 is 0 Å². The Morgan fingerprint density at radius 3 is 2.48 bits per heavy atom. The number of nitrogens with one attached hydrogen (secondary N) is 2. The summed E-state index contributed by atoms with van der Waals surface area (Å²) in [6.45, 7) is 5.51. The fourth-order valence-corrected chi connectivity index (χ4v) is 2.88. The number of hydrogen-bond acceptors (Lipinski definition) is 3. The monoisotopic (exact) mass is 362 g/mol. The SMILES string of the molecule is CN=C(NCCc1ccccc1)NCc1ccc(-n2nc(C)cc2C)nc1. The van der Waals surface area contributed by atoms with Gasteiger partial charge in [-0.25, -0.2) is 9.67 Å². The predicted octanol–water partition coefficient (Wildman–Crippen LogP) is 2.79. The van der Waals surface area contributed by atoms with Gasteiger partial charge in [0.15, 0.2) is 11.8 Å². The molecule has 0 spiro atoms.